The Morgan fingerprint density at radius 1 is 1.35 bits per heavy atom. The summed E-state index contributed by atoms with van der Waals surface area (Å²) in [5, 5.41) is 9.32. The summed E-state index contributed by atoms with van der Waals surface area (Å²) in [6, 6.07) is 11.8. The van der Waals surface area contributed by atoms with Gasteiger partial charge in [0, 0.05) is 18.1 Å². The van der Waals surface area contributed by atoms with Gasteiger partial charge >= 0.3 is 5.97 Å². The predicted octanol–water partition coefficient (Wildman–Crippen LogP) is 2.95. The zero-order valence-electron chi connectivity index (χ0n) is 12.0. The molecule has 2 aliphatic heterocycles. The van der Waals surface area contributed by atoms with E-state index in [4.69, 9.17) is 0 Å². The molecule has 0 radical (unpaired) electrons. The van der Waals surface area contributed by atoms with E-state index in [1.54, 1.807) is 0 Å². The Morgan fingerprint density at radius 2 is 2.10 bits per heavy atom. The zero-order chi connectivity index (χ0) is 14.1. The van der Waals surface area contributed by atoms with E-state index in [-0.39, 0.29) is 12.0 Å². The van der Waals surface area contributed by atoms with Crippen molar-refractivity contribution in [1.82, 2.24) is 4.90 Å². The van der Waals surface area contributed by atoms with Crippen LogP contribution in [0.1, 0.15) is 38.2 Å². The van der Waals surface area contributed by atoms with Crippen LogP contribution in [-0.4, -0.2) is 34.1 Å². The molecule has 2 heterocycles. The number of aryl methyl sites for hydroxylation is 1. The SMILES string of the molecule is CC(CCc1ccccc1)N1C2CCC1C(C(=O)O)C2. The summed E-state index contributed by atoms with van der Waals surface area (Å²) in [7, 11) is 0. The van der Waals surface area contributed by atoms with Crippen molar-refractivity contribution >= 4 is 5.97 Å². The van der Waals surface area contributed by atoms with Crippen LogP contribution in [0.15, 0.2) is 30.3 Å². The minimum atomic E-state index is -0.600. The van der Waals surface area contributed by atoms with Crippen molar-refractivity contribution in [3.05, 3.63) is 35.9 Å². The molecule has 0 aromatic heterocycles. The van der Waals surface area contributed by atoms with Crippen LogP contribution in [0.2, 0.25) is 0 Å². The molecule has 4 unspecified atom stereocenters. The molecule has 2 fully saturated rings. The quantitative estimate of drug-likeness (QED) is 0.896. The van der Waals surface area contributed by atoms with E-state index in [1.807, 2.05) is 6.07 Å². The van der Waals surface area contributed by atoms with Crippen molar-refractivity contribution in [1.29, 1.82) is 0 Å². The monoisotopic (exact) mass is 273 g/mol. The van der Waals surface area contributed by atoms with E-state index >= 15 is 0 Å². The molecule has 2 saturated heterocycles. The number of carboxylic acids is 1. The van der Waals surface area contributed by atoms with Gasteiger partial charge in [0.2, 0.25) is 0 Å². The third-order valence-electron chi connectivity index (χ3n) is 5.11. The van der Waals surface area contributed by atoms with Crippen LogP contribution in [0.4, 0.5) is 0 Å². The van der Waals surface area contributed by atoms with Crippen molar-refractivity contribution in [3.63, 3.8) is 0 Å². The van der Waals surface area contributed by atoms with Crippen molar-refractivity contribution in [2.24, 2.45) is 5.92 Å². The molecule has 0 spiro atoms. The lowest BCUT2D eigenvalue weighted by Crippen LogP contribution is -2.39. The van der Waals surface area contributed by atoms with E-state index in [1.165, 1.54) is 12.0 Å². The first-order chi connectivity index (χ1) is 9.66. The van der Waals surface area contributed by atoms with Gasteiger partial charge in [-0.3, -0.25) is 9.69 Å². The fraction of sp³-hybridized carbons (Fsp3) is 0.588. The van der Waals surface area contributed by atoms with Gasteiger partial charge in [-0.2, -0.15) is 0 Å². The average Bonchev–Trinajstić information content (AvgIpc) is 3.03. The summed E-state index contributed by atoms with van der Waals surface area (Å²) in [5.41, 5.74) is 1.38. The van der Waals surface area contributed by atoms with Gasteiger partial charge in [-0.05, 0) is 44.6 Å². The van der Waals surface area contributed by atoms with Crippen LogP contribution < -0.4 is 0 Å². The lowest BCUT2D eigenvalue weighted by Gasteiger charge is -2.29. The number of rotatable bonds is 5. The maximum absolute atomic E-state index is 11.3. The molecule has 2 bridgehead atoms. The van der Waals surface area contributed by atoms with E-state index in [0.717, 1.165) is 25.7 Å². The van der Waals surface area contributed by atoms with Crippen molar-refractivity contribution in [2.75, 3.05) is 0 Å². The van der Waals surface area contributed by atoms with Gasteiger partial charge in [0.05, 0.1) is 5.92 Å². The van der Waals surface area contributed by atoms with Gasteiger partial charge in [0.1, 0.15) is 0 Å². The molecule has 1 aromatic carbocycles. The molecular formula is C17H23NO2. The van der Waals surface area contributed by atoms with Crippen LogP contribution in [-0.2, 0) is 11.2 Å². The van der Waals surface area contributed by atoms with Crippen LogP contribution in [0.25, 0.3) is 0 Å². The summed E-state index contributed by atoms with van der Waals surface area (Å²) in [6.07, 6.45) is 5.30. The summed E-state index contributed by atoms with van der Waals surface area (Å²) in [4.78, 5) is 13.8. The largest absolute Gasteiger partial charge is 0.481 e. The Kier molecular flexibility index (Phi) is 3.79. The molecule has 0 aliphatic carbocycles. The molecule has 0 amide bonds. The number of hydrogen-bond acceptors (Lipinski definition) is 2. The number of carbonyl (C=O) groups is 1. The molecule has 1 aromatic rings. The van der Waals surface area contributed by atoms with Gasteiger partial charge in [-0.25, -0.2) is 0 Å². The second kappa shape index (κ2) is 5.57. The molecule has 4 atom stereocenters. The first-order valence-corrected chi connectivity index (χ1v) is 7.71. The fourth-order valence-electron chi connectivity index (χ4n) is 4.15. The molecule has 2 aliphatic rings. The Labute approximate surface area is 120 Å². The maximum Gasteiger partial charge on any atom is 0.308 e. The molecule has 0 saturated carbocycles. The topological polar surface area (TPSA) is 40.5 Å². The lowest BCUT2D eigenvalue weighted by molar-refractivity contribution is -0.142. The molecular weight excluding hydrogens is 250 g/mol. The average molecular weight is 273 g/mol. The number of benzene rings is 1. The second-order valence-corrected chi connectivity index (χ2v) is 6.30. The van der Waals surface area contributed by atoms with Gasteiger partial charge in [0.25, 0.3) is 0 Å². The Hall–Kier alpha value is -1.35. The predicted molar refractivity (Wildman–Crippen MR) is 78.6 cm³/mol. The first-order valence-electron chi connectivity index (χ1n) is 7.71. The van der Waals surface area contributed by atoms with E-state index in [2.05, 4.69) is 36.1 Å². The van der Waals surface area contributed by atoms with Gasteiger partial charge in [0.15, 0.2) is 0 Å². The number of hydrogen-bond donors (Lipinski definition) is 1. The third kappa shape index (κ3) is 2.47. The van der Waals surface area contributed by atoms with E-state index < -0.39 is 5.97 Å². The highest BCUT2D eigenvalue weighted by Gasteiger charge is 2.50. The minimum absolute atomic E-state index is 0.132. The molecule has 3 nitrogen and oxygen atoms in total. The number of carboxylic acid groups (broad SMARTS) is 1. The Morgan fingerprint density at radius 3 is 2.75 bits per heavy atom. The molecule has 3 heteroatoms. The standard InChI is InChI=1S/C17H23NO2/c1-12(7-8-13-5-3-2-4-6-13)18-14-9-10-16(18)15(11-14)17(19)20/h2-6,12,14-16H,7-11H2,1H3,(H,19,20). The summed E-state index contributed by atoms with van der Waals surface area (Å²) < 4.78 is 0. The third-order valence-corrected chi connectivity index (χ3v) is 5.11. The Balaban J connectivity index is 1.61. The van der Waals surface area contributed by atoms with Gasteiger partial charge in [-0.1, -0.05) is 30.3 Å². The molecule has 20 heavy (non-hydrogen) atoms. The van der Waals surface area contributed by atoms with Crippen molar-refractivity contribution < 1.29 is 9.90 Å². The van der Waals surface area contributed by atoms with Crippen molar-refractivity contribution in [2.45, 2.75) is 57.2 Å². The summed E-state index contributed by atoms with van der Waals surface area (Å²) >= 11 is 0. The van der Waals surface area contributed by atoms with E-state index in [9.17, 15) is 9.90 Å². The van der Waals surface area contributed by atoms with Gasteiger partial charge in [-0.15, -0.1) is 0 Å². The fourth-order valence-corrected chi connectivity index (χ4v) is 4.15. The van der Waals surface area contributed by atoms with Crippen LogP contribution >= 0.6 is 0 Å². The smallest absolute Gasteiger partial charge is 0.308 e. The van der Waals surface area contributed by atoms with Gasteiger partial charge < -0.3 is 5.11 Å². The number of aliphatic carboxylic acids is 1. The number of fused-ring (bicyclic) bond motifs is 2. The lowest BCUT2D eigenvalue weighted by atomic mass is 9.89. The number of nitrogens with zero attached hydrogens (tertiary/aromatic N) is 1. The first kappa shape index (κ1) is 13.6. The highest BCUT2D eigenvalue weighted by Crippen LogP contribution is 2.43. The van der Waals surface area contributed by atoms with Crippen LogP contribution in [0.5, 0.6) is 0 Å². The molecule has 108 valence electrons. The van der Waals surface area contributed by atoms with E-state index in [0.29, 0.717) is 12.1 Å². The Bertz CT molecular complexity index is 473. The minimum Gasteiger partial charge on any atom is -0.481 e. The highest BCUT2D eigenvalue weighted by atomic mass is 16.4. The highest BCUT2D eigenvalue weighted by molar-refractivity contribution is 5.71. The van der Waals surface area contributed by atoms with Crippen LogP contribution in [0.3, 0.4) is 0 Å². The van der Waals surface area contributed by atoms with Crippen molar-refractivity contribution in [3.8, 4) is 0 Å². The second-order valence-electron chi connectivity index (χ2n) is 6.30. The molecule has 1 N–H and O–H groups in total. The summed E-state index contributed by atoms with van der Waals surface area (Å²) in [5.74, 6) is -0.731. The summed E-state index contributed by atoms with van der Waals surface area (Å²) in [6.45, 7) is 2.26. The maximum atomic E-state index is 11.3. The van der Waals surface area contributed by atoms with Crippen LogP contribution in [0, 0.1) is 5.92 Å². The zero-order valence-corrected chi connectivity index (χ0v) is 12.0. The normalized spacial score (nSPS) is 30.6. The molecule has 3 rings (SSSR count).